The molecule has 0 radical (unpaired) electrons. The van der Waals surface area contributed by atoms with Crippen molar-refractivity contribution in [3.05, 3.63) is 89.8 Å². The van der Waals surface area contributed by atoms with Crippen molar-refractivity contribution in [1.29, 1.82) is 0 Å². The first-order chi connectivity index (χ1) is 20.1. The molecule has 11 heteroatoms. The van der Waals surface area contributed by atoms with Gasteiger partial charge >= 0.3 is 0 Å². The highest BCUT2D eigenvalue weighted by Crippen LogP contribution is 2.44. The van der Waals surface area contributed by atoms with Gasteiger partial charge in [-0.25, -0.2) is 0 Å². The Hall–Kier alpha value is -3.32. The summed E-state index contributed by atoms with van der Waals surface area (Å²) in [6.45, 7) is 9.49. The third kappa shape index (κ3) is 6.67. The van der Waals surface area contributed by atoms with Crippen LogP contribution in [0.2, 0.25) is 0 Å². The molecule has 222 valence electrons. The average molecular weight is 576 g/mol. The molecular formula is C31H37N5O6. The molecule has 6 heterocycles. The smallest absolute Gasteiger partial charge is 0.252 e. The summed E-state index contributed by atoms with van der Waals surface area (Å²) in [7, 11) is 0. The molecule has 0 bridgehead atoms. The van der Waals surface area contributed by atoms with Gasteiger partial charge in [-0.3, -0.25) is 24.6 Å². The number of rotatable bonds is 9. The third-order valence-electron chi connectivity index (χ3n) is 7.37. The maximum Gasteiger partial charge on any atom is 0.252 e. The van der Waals surface area contributed by atoms with Gasteiger partial charge in [-0.1, -0.05) is 18.2 Å². The lowest BCUT2D eigenvalue weighted by molar-refractivity contribution is -0.231. The number of fused-ring (bicyclic) bond motifs is 3. The number of aromatic nitrogens is 3. The van der Waals surface area contributed by atoms with Gasteiger partial charge in [0.05, 0.1) is 17.1 Å². The Labute approximate surface area is 245 Å². The second-order valence-electron chi connectivity index (χ2n) is 11.8. The molecule has 1 N–H and O–H groups in total. The molecule has 3 aromatic rings. The Bertz CT molecular complexity index is 1320. The van der Waals surface area contributed by atoms with Gasteiger partial charge in [0, 0.05) is 44.8 Å². The molecule has 0 aliphatic carbocycles. The van der Waals surface area contributed by atoms with E-state index < -0.39 is 42.3 Å². The molecule has 11 nitrogen and oxygen atoms in total. The molecule has 1 amide bonds. The van der Waals surface area contributed by atoms with Crippen molar-refractivity contribution in [2.24, 2.45) is 0 Å². The number of carbonyl (C=O) groups is 1. The van der Waals surface area contributed by atoms with E-state index in [0.717, 1.165) is 22.6 Å². The molecule has 6 rings (SSSR count). The van der Waals surface area contributed by atoms with Gasteiger partial charge in [0.1, 0.15) is 18.3 Å². The van der Waals surface area contributed by atoms with Gasteiger partial charge in [-0.05, 0) is 63.6 Å². The molecule has 3 aliphatic rings. The van der Waals surface area contributed by atoms with Crippen LogP contribution in [-0.4, -0.2) is 68.0 Å². The molecule has 0 saturated carbocycles. The van der Waals surface area contributed by atoms with Crippen molar-refractivity contribution < 1.29 is 28.5 Å². The van der Waals surface area contributed by atoms with Crippen LogP contribution in [0.1, 0.15) is 50.3 Å². The van der Waals surface area contributed by atoms with Gasteiger partial charge < -0.3 is 29.0 Å². The highest BCUT2D eigenvalue weighted by molar-refractivity contribution is 5.81. The van der Waals surface area contributed by atoms with E-state index in [4.69, 9.17) is 23.7 Å². The second-order valence-corrected chi connectivity index (χ2v) is 11.8. The Balaban J connectivity index is 1.08. The zero-order valence-corrected chi connectivity index (χ0v) is 24.3. The predicted octanol–water partition coefficient (Wildman–Crippen LogP) is 3.09. The number of carbonyl (C=O) groups excluding carboxylic acids is 1. The first-order valence-corrected chi connectivity index (χ1v) is 14.2. The summed E-state index contributed by atoms with van der Waals surface area (Å²) < 4.78 is 30.2. The number of pyridine rings is 3. The number of hydrogen-bond donors (Lipinski definition) is 1. The molecular weight excluding hydrogens is 538 g/mol. The fourth-order valence-corrected chi connectivity index (χ4v) is 5.60. The molecule has 3 aromatic heterocycles. The summed E-state index contributed by atoms with van der Waals surface area (Å²) in [6.07, 6.45) is 2.15. The van der Waals surface area contributed by atoms with Crippen LogP contribution in [0.3, 0.4) is 0 Å². The van der Waals surface area contributed by atoms with Gasteiger partial charge in [0.2, 0.25) is 0 Å². The van der Waals surface area contributed by atoms with Crippen molar-refractivity contribution in [1.82, 2.24) is 25.2 Å². The van der Waals surface area contributed by atoms with E-state index in [1.165, 1.54) is 0 Å². The number of hydrogen-bond acceptors (Lipinski definition) is 10. The zero-order chi connectivity index (χ0) is 29.3. The van der Waals surface area contributed by atoms with Crippen LogP contribution in [0, 0.1) is 0 Å². The molecule has 0 spiro atoms. The van der Waals surface area contributed by atoms with Gasteiger partial charge in [0.15, 0.2) is 24.0 Å². The van der Waals surface area contributed by atoms with Crippen molar-refractivity contribution in [3.63, 3.8) is 0 Å². The van der Waals surface area contributed by atoms with E-state index in [1.807, 2.05) is 76.2 Å². The lowest BCUT2D eigenvalue weighted by atomic mass is 9.98. The minimum Gasteiger partial charge on any atom is -0.350 e. The van der Waals surface area contributed by atoms with E-state index in [9.17, 15) is 4.79 Å². The Morgan fingerprint density at radius 3 is 1.95 bits per heavy atom. The molecule has 3 fully saturated rings. The highest BCUT2D eigenvalue weighted by Gasteiger charge is 2.62. The lowest BCUT2D eigenvalue weighted by Gasteiger charge is -2.36. The number of ether oxygens (including phenoxy) is 5. The van der Waals surface area contributed by atoms with Crippen molar-refractivity contribution in [2.45, 2.75) is 96.2 Å². The molecule has 0 unspecified atom stereocenters. The number of nitrogens with one attached hydrogen (secondary N) is 1. The second kappa shape index (κ2) is 11.8. The van der Waals surface area contributed by atoms with Gasteiger partial charge in [-0.2, -0.15) is 0 Å². The summed E-state index contributed by atoms with van der Waals surface area (Å²) in [5, 5.41) is 2.97. The van der Waals surface area contributed by atoms with Crippen LogP contribution in [0.25, 0.3) is 0 Å². The van der Waals surface area contributed by atoms with Crippen molar-refractivity contribution in [2.75, 3.05) is 0 Å². The highest BCUT2D eigenvalue weighted by atomic mass is 16.9. The lowest BCUT2D eigenvalue weighted by Crippen LogP contribution is -2.59. The molecule has 3 saturated heterocycles. The van der Waals surface area contributed by atoms with Gasteiger partial charge in [0.25, 0.3) is 5.91 Å². The van der Waals surface area contributed by atoms with Crippen molar-refractivity contribution >= 4 is 5.91 Å². The van der Waals surface area contributed by atoms with Crippen LogP contribution in [0.5, 0.6) is 0 Å². The van der Waals surface area contributed by atoms with Crippen LogP contribution in [-0.2, 0) is 54.7 Å². The first-order valence-electron chi connectivity index (χ1n) is 14.2. The van der Waals surface area contributed by atoms with Crippen molar-refractivity contribution in [3.8, 4) is 0 Å². The van der Waals surface area contributed by atoms with Crippen LogP contribution in [0.15, 0.2) is 67.1 Å². The third-order valence-corrected chi connectivity index (χ3v) is 7.37. The number of amides is 1. The topological polar surface area (TPSA) is 117 Å². The Morgan fingerprint density at radius 1 is 0.762 bits per heavy atom. The normalized spacial score (nSPS) is 27.4. The fourth-order valence-electron chi connectivity index (χ4n) is 5.60. The fraction of sp³-hybridized carbons (Fsp3) is 0.484. The summed E-state index contributed by atoms with van der Waals surface area (Å²) in [5.41, 5.74) is 3.72. The molecule has 5 atom stereocenters. The van der Waals surface area contributed by atoms with Gasteiger partial charge in [-0.15, -0.1) is 0 Å². The summed E-state index contributed by atoms with van der Waals surface area (Å²) >= 11 is 0. The van der Waals surface area contributed by atoms with E-state index in [1.54, 1.807) is 18.6 Å². The van der Waals surface area contributed by atoms with E-state index in [0.29, 0.717) is 19.6 Å². The molecule has 3 aliphatic heterocycles. The summed E-state index contributed by atoms with van der Waals surface area (Å²) in [4.78, 5) is 29.2. The summed E-state index contributed by atoms with van der Waals surface area (Å²) in [5.74, 6) is -2.03. The molecule has 0 aromatic carbocycles. The van der Waals surface area contributed by atoms with E-state index >= 15 is 0 Å². The quantitative estimate of drug-likeness (QED) is 0.408. The minimum atomic E-state index is -0.908. The van der Waals surface area contributed by atoms with E-state index in [2.05, 4.69) is 25.2 Å². The summed E-state index contributed by atoms with van der Waals surface area (Å²) in [6, 6.07) is 15.8. The monoisotopic (exact) mass is 575 g/mol. The SMILES string of the molecule is CC1(C)O[C@H]2[C@@H](O1)[C@@H](C(=O)NCc1ccc(CN(Cc3ccccn3)Cc3ccccn3)nc1)O[C@H]1OC(C)(C)O[C@@H]12. The first kappa shape index (κ1) is 28.8. The minimum absolute atomic E-state index is 0.288. The maximum absolute atomic E-state index is 13.3. The average Bonchev–Trinajstić information content (AvgIpc) is 3.46. The Morgan fingerprint density at radius 2 is 1.36 bits per heavy atom. The number of nitrogens with zero attached hydrogens (tertiary/aromatic N) is 4. The van der Waals surface area contributed by atoms with E-state index in [-0.39, 0.29) is 12.5 Å². The standard InChI is InChI=1S/C31H37N5O6/c1-30(2)39-24-25(40-30)27-29(42-31(3,4)41-27)38-26(24)28(37)35-16-20-11-12-23(34-15-20)19-36(17-21-9-5-7-13-32-21)18-22-10-6-8-14-33-22/h5-15,24-27,29H,16-19H2,1-4H3,(H,35,37)/t24-,25+,26+,27-,29+/m1/s1. The van der Waals surface area contributed by atoms with Crippen LogP contribution < -0.4 is 5.32 Å². The zero-order valence-electron chi connectivity index (χ0n) is 24.3. The van der Waals surface area contributed by atoms with Crippen LogP contribution in [0.4, 0.5) is 0 Å². The maximum atomic E-state index is 13.3. The molecule has 42 heavy (non-hydrogen) atoms. The predicted molar refractivity (Wildman–Crippen MR) is 150 cm³/mol. The Kier molecular flexibility index (Phi) is 8.05. The van der Waals surface area contributed by atoms with Crippen LogP contribution >= 0.6 is 0 Å². The largest absolute Gasteiger partial charge is 0.350 e.